The van der Waals surface area contributed by atoms with E-state index in [4.69, 9.17) is 5.73 Å². The zero-order chi connectivity index (χ0) is 31.8. The van der Waals surface area contributed by atoms with E-state index in [1.807, 2.05) is 18.2 Å². The average Bonchev–Trinajstić information content (AvgIpc) is 3.51. The number of aryl methyl sites for hydroxylation is 1. The number of aromatic nitrogens is 4. The molecule has 1 aliphatic carbocycles. The number of rotatable bonds is 4. The van der Waals surface area contributed by atoms with Crippen molar-refractivity contribution < 1.29 is 22.8 Å². The van der Waals surface area contributed by atoms with Crippen LogP contribution in [0.2, 0.25) is 0 Å². The van der Waals surface area contributed by atoms with Crippen LogP contribution in [0.5, 0.6) is 0 Å². The van der Waals surface area contributed by atoms with E-state index >= 15 is 0 Å². The molecule has 240 valence electrons. The SMILES string of the molecule is CN(C)C1CCN(c2cccc3c2n(C)c(=O)n3C2CCC(=O)NC2=O)CC1.Nc1cn(C2CCCCC2)nc1C(F)(F)F. The zero-order valence-corrected chi connectivity index (χ0v) is 25.4. The number of imidazole rings is 1. The Kier molecular flexibility index (Phi) is 9.10. The summed E-state index contributed by atoms with van der Waals surface area (Å²) in [5.41, 5.74) is 6.49. The second-order valence-corrected chi connectivity index (χ2v) is 12.2. The van der Waals surface area contributed by atoms with Crippen LogP contribution in [0.4, 0.5) is 24.5 Å². The maximum absolute atomic E-state index is 13.0. The smallest absolute Gasteiger partial charge is 0.396 e. The van der Waals surface area contributed by atoms with Crippen molar-refractivity contribution >= 4 is 34.2 Å². The van der Waals surface area contributed by atoms with Crippen LogP contribution < -0.4 is 21.6 Å². The maximum atomic E-state index is 13.0. The first-order chi connectivity index (χ1) is 20.9. The van der Waals surface area contributed by atoms with Crippen molar-refractivity contribution in [3.05, 3.63) is 40.6 Å². The minimum Gasteiger partial charge on any atom is -0.396 e. The molecule has 1 atom stereocenters. The Morgan fingerprint density at radius 1 is 1.00 bits per heavy atom. The molecular formula is C30H41F3N8O3. The van der Waals surface area contributed by atoms with Gasteiger partial charge in [0, 0.05) is 38.8 Å². The molecule has 2 amide bonds. The standard InChI is InChI=1S/C20H27N5O3.C10H14F3N3/c1-22(2)13-9-11-24(12-10-13)14-5-4-6-15-18(14)23(3)20(28)25(15)16-7-8-17(26)21-19(16)27;11-10(12,13)9-8(14)6-16(15-9)7-4-2-1-3-5-7/h4-6,13,16H,7-12H2,1-3H3,(H,21,26,27);6-7H,1-5,14H2. The predicted octanol–water partition coefficient (Wildman–Crippen LogP) is 3.84. The summed E-state index contributed by atoms with van der Waals surface area (Å²) < 4.78 is 42.0. The largest absolute Gasteiger partial charge is 0.437 e. The van der Waals surface area contributed by atoms with Gasteiger partial charge in [0.1, 0.15) is 6.04 Å². The van der Waals surface area contributed by atoms with E-state index in [0.717, 1.165) is 74.8 Å². The van der Waals surface area contributed by atoms with E-state index in [1.54, 1.807) is 16.2 Å². The highest BCUT2D eigenvalue weighted by Crippen LogP contribution is 2.35. The average molecular weight is 619 g/mol. The Hall–Kier alpha value is -3.81. The third kappa shape index (κ3) is 6.35. The predicted molar refractivity (Wildman–Crippen MR) is 161 cm³/mol. The van der Waals surface area contributed by atoms with E-state index in [0.29, 0.717) is 12.5 Å². The number of carbonyl (C=O) groups is 2. The molecular weight excluding hydrogens is 577 g/mol. The lowest BCUT2D eigenvalue weighted by Gasteiger charge is -2.36. The minimum absolute atomic E-state index is 0.0761. The number of anilines is 2. The van der Waals surface area contributed by atoms with Gasteiger partial charge in [0.05, 0.1) is 28.5 Å². The molecule has 1 unspecified atom stereocenters. The fourth-order valence-electron chi connectivity index (χ4n) is 6.68. The van der Waals surface area contributed by atoms with Gasteiger partial charge in [0.25, 0.3) is 0 Å². The van der Waals surface area contributed by atoms with Crippen molar-refractivity contribution in [2.75, 3.05) is 37.8 Å². The van der Waals surface area contributed by atoms with E-state index in [-0.39, 0.29) is 29.7 Å². The summed E-state index contributed by atoms with van der Waals surface area (Å²) in [5.74, 6) is -0.679. The molecule has 2 saturated heterocycles. The number of alkyl halides is 3. The van der Waals surface area contributed by atoms with Gasteiger partial charge in [0.2, 0.25) is 11.8 Å². The van der Waals surface area contributed by atoms with Crippen LogP contribution in [0.1, 0.15) is 75.6 Å². The van der Waals surface area contributed by atoms with Gasteiger partial charge in [-0.25, -0.2) is 4.79 Å². The quantitative estimate of drug-likeness (QED) is 0.426. The van der Waals surface area contributed by atoms with Crippen molar-refractivity contribution in [3.8, 4) is 0 Å². The monoisotopic (exact) mass is 618 g/mol. The number of amides is 2. The lowest BCUT2D eigenvalue weighted by molar-refractivity contribution is -0.141. The van der Waals surface area contributed by atoms with Crippen LogP contribution in [-0.4, -0.2) is 68.9 Å². The molecule has 3 fully saturated rings. The molecule has 11 nitrogen and oxygen atoms in total. The normalized spacial score (nSPS) is 20.6. The van der Waals surface area contributed by atoms with Gasteiger partial charge in [-0.3, -0.25) is 28.7 Å². The topological polar surface area (TPSA) is 123 Å². The van der Waals surface area contributed by atoms with Gasteiger partial charge < -0.3 is 15.5 Å². The summed E-state index contributed by atoms with van der Waals surface area (Å²) in [6.45, 7) is 1.86. The van der Waals surface area contributed by atoms with E-state index in [9.17, 15) is 27.6 Å². The van der Waals surface area contributed by atoms with Gasteiger partial charge in [-0.05, 0) is 58.3 Å². The summed E-state index contributed by atoms with van der Waals surface area (Å²) in [4.78, 5) is 41.5. The number of imide groups is 1. The zero-order valence-electron chi connectivity index (χ0n) is 25.4. The molecule has 0 bridgehead atoms. The van der Waals surface area contributed by atoms with Crippen LogP contribution in [0.25, 0.3) is 11.0 Å². The van der Waals surface area contributed by atoms with Gasteiger partial charge in [-0.15, -0.1) is 0 Å². The highest BCUT2D eigenvalue weighted by atomic mass is 19.4. The Morgan fingerprint density at radius 2 is 1.68 bits per heavy atom. The molecule has 3 aromatic rings. The Morgan fingerprint density at radius 3 is 2.27 bits per heavy atom. The number of benzene rings is 1. The highest BCUT2D eigenvalue weighted by molar-refractivity contribution is 6.00. The van der Waals surface area contributed by atoms with E-state index in [1.165, 1.54) is 10.9 Å². The number of piperidine rings is 2. The molecule has 14 heteroatoms. The van der Waals surface area contributed by atoms with E-state index < -0.39 is 23.8 Å². The molecule has 3 N–H and O–H groups in total. The summed E-state index contributed by atoms with van der Waals surface area (Å²) in [5, 5.41) is 5.93. The lowest BCUT2D eigenvalue weighted by Crippen LogP contribution is -2.44. The minimum atomic E-state index is -4.45. The molecule has 3 aliphatic rings. The van der Waals surface area contributed by atoms with Crippen LogP contribution in [0, 0.1) is 0 Å². The van der Waals surface area contributed by atoms with Crippen LogP contribution >= 0.6 is 0 Å². The number of para-hydroxylation sites is 1. The third-order valence-corrected chi connectivity index (χ3v) is 9.12. The number of nitrogen functional groups attached to an aromatic ring is 1. The summed E-state index contributed by atoms with van der Waals surface area (Å²) >= 11 is 0. The Balaban J connectivity index is 0.000000204. The van der Waals surface area contributed by atoms with Crippen molar-refractivity contribution in [2.24, 2.45) is 7.05 Å². The molecule has 4 heterocycles. The number of halogens is 3. The summed E-state index contributed by atoms with van der Waals surface area (Å²) in [6, 6.07) is 5.88. The fraction of sp³-hybridized carbons (Fsp3) is 0.600. The highest BCUT2D eigenvalue weighted by Gasteiger charge is 2.37. The van der Waals surface area contributed by atoms with Gasteiger partial charge in [0.15, 0.2) is 5.69 Å². The van der Waals surface area contributed by atoms with Gasteiger partial charge in [-0.1, -0.05) is 25.3 Å². The number of fused-ring (bicyclic) bond motifs is 1. The van der Waals surface area contributed by atoms with Crippen molar-refractivity contribution in [2.45, 2.75) is 82.1 Å². The van der Waals surface area contributed by atoms with Gasteiger partial charge in [-0.2, -0.15) is 18.3 Å². The Labute approximate surface area is 253 Å². The first-order valence-electron chi connectivity index (χ1n) is 15.2. The second-order valence-electron chi connectivity index (χ2n) is 12.2. The molecule has 2 aromatic heterocycles. The molecule has 1 saturated carbocycles. The van der Waals surface area contributed by atoms with Crippen molar-refractivity contribution in [3.63, 3.8) is 0 Å². The third-order valence-electron chi connectivity index (χ3n) is 9.12. The molecule has 44 heavy (non-hydrogen) atoms. The van der Waals surface area contributed by atoms with Gasteiger partial charge >= 0.3 is 11.9 Å². The van der Waals surface area contributed by atoms with Crippen molar-refractivity contribution in [1.82, 2.24) is 29.1 Å². The maximum Gasteiger partial charge on any atom is 0.437 e. The van der Waals surface area contributed by atoms with Crippen LogP contribution in [-0.2, 0) is 22.8 Å². The summed E-state index contributed by atoms with van der Waals surface area (Å²) in [7, 11) is 5.98. The second kappa shape index (κ2) is 12.7. The van der Waals surface area contributed by atoms with E-state index in [2.05, 4.69) is 34.3 Å². The number of nitrogens with zero attached hydrogens (tertiary/aromatic N) is 6. The van der Waals surface area contributed by atoms with Crippen molar-refractivity contribution in [1.29, 1.82) is 0 Å². The molecule has 6 rings (SSSR count). The number of carbonyl (C=O) groups excluding carboxylic acids is 2. The molecule has 0 spiro atoms. The molecule has 2 aliphatic heterocycles. The number of hydrogen-bond donors (Lipinski definition) is 2. The molecule has 1 aromatic carbocycles. The Bertz CT molecular complexity index is 1560. The van der Waals surface area contributed by atoms with Crippen LogP contribution in [0.15, 0.2) is 29.2 Å². The fourth-order valence-corrected chi connectivity index (χ4v) is 6.68. The lowest BCUT2D eigenvalue weighted by atomic mass is 9.96. The summed E-state index contributed by atoms with van der Waals surface area (Å²) in [6.07, 6.45) is 4.62. The number of nitrogens with two attached hydrogens (primary N) is 1. The van der Waals surface area contributed by atoms with Crippen LogP contribution in [0.3, 0.4) is 0 Å². The number of nitrogens with one attached hydrogen (secondary N) is 1. The first-order valence-corrected chi connectivity index (χ1v) is 15.2. The molecule has 0 radical (unpaired) electrons. The number of hydrogen-bond acceptors (Lipinski definition) is 7. The first kappa shape index (κ1) is 31.6.